The molecule has 1 aromatic heterocycles. The molecule has 2 atom stereocenters. The van der Waals surface area contributed by atoms with Crippen LogP contribution in [-0.2, 0) is 19.1 Å². The van der Waals surface area contributed by atoms with Crippen molar-refractivity contribution < 1.29 is 23.9 Å². The van der Waals surface area contributed by atoms with Gasteiger partial charge in [-0.25, -0.2) is 4.79 Å². The molecule has 3 heterocycles. The van der Waals surface area contributed by atoms with Crippen LogP contribution in [0.3, 0.4) is 0 Å². The molecule has 0 N–H and O–H groups in total. The van der Waals surface area contributed by atoms with Crippen molar-refractivity contribution in [3.8, 4) is 11.8 Å². The summed E-state index contributed by atoms with van der Waals surface area (Å²) >= 11 is 1.22. The molecule has 8 heteroatoms. The molecule has 3 fully saturated rings. The minimum Gasteiger partial charge on any atom is -0.465 e. The fraction of sp³-hybridized carbons (Fsp3) is 0.679. The summed E-state index contributed by atoms with van der Waals surface area (Å²) in [4.78, 5) is 45.2. The Kier molecular flexibility index (Phi) is 8.11. The lowest BCUT2D eigenvalue weighted by Gasteiger charge is -2.34. The van der Waals surface area contributed by atoms with E-state index in [0.717, 1.165) is 32.1 Å². The predicted octanol–water partition coefficient (Wildman–Crippen LogP) is 4.48. The maximum atomic E-state index is 14.1. The Morgan fingerprint density at radius 3 is 2.50 bits per heavy atom. The number of methoxy groups -OCH3 is 1. The molecule has 0 aromatic carbocycles. The highest BCUT2D eigenvalue weighted by molar-refractivity contribution is 7.15. The molecule has 4 rings (SSSR count). The van der Waals surface area contributed by atoms with Gasteiger partial charge >= 0.3 is 5.97 Å². The van der Waals surface area contributed by atoms with Gasteiger partial charge in [0, 0.05) is 24.5 Å². The number of ether oxygens (including phenoxy) is 2. The van der Waals surface area contributed by atoms with Crippen LogP contribution in [0.25, 0.3) is 0 Å². The quantitative estimate of drug-likeness (QED) is 0.428. The number of rotatable bonds is 5. The van der Waals surface area contributed by atoms with Crippen LogP contribution in [0.2, 0.25) is 0 Å². The smallest absolute Gasteiger partial charge is 0.350 e. The number of anilines is 1. The Balaban J connectivity index is 1.74. The van der Waals surface area contributed by atoms with Gasteiger partial charge in [-0.3, -0.25) is 14.5 Å². The molecular formula is C28H38N2O5S. The van der Waals surface area contributed by atoms with Crippen LogP contribution in [0.15, 0.2) is 6.07 Å². The molecule has 0 unspecified atom stereocenters. The van der Waals surface area contributed by atoms with Crippen LogP contribution in [0.5, 0.6) is 0 Å². The first-order valence-electron chi connectivity index (χ1n) is 13.1. The number of hydrogen-bond donors (Lipinski definition) is 0. The Morgan fingerprint density at radius 1 is 1.17 bits per heavy atom. The molecule has 0 radical (unpaired) electrons. The third-order valence-corrected chi connectivity index (χ3v) is 8.40. The van der Waals surface area contributed by atoms with E-state index in [1.807, 2.05) is 25.7 Å². The third kappa shape index (κ3) is 5.78. The van der Waals surface area contributed by atoms with Crippen molar-refractivity contribution in [2.75, 3.05) is 31.8 Å². The van der Waals surface area contributed by atoms with Gasteiger partial charge in [0.25, 0.3) is 0 Å². The Hall–Kier alpha value is -2.37. The highest BCUT2D eigenvalue weighted by atomic mass is 32.1. The summed E-state index contributed by atoms with van der Waals surface area (Å²) in [5.74, 6) is 6.17. The van der Waals surface area contributed by atoms with Gasteiger partial charge < -0.3 is 14.4 Å². The molecular weight excluding hydrogens is 476 g/mol. The van der Waals surface area contributed by atoms with E-state index >= 15 is 0 Å². The van der Waals surface area contributed by atoms with Crippen LogP contribution in [0.4, 0.5) is 5.69 Å². The van der Waals surface area contributed by atoms with Crippen LogP contribution in [0, 0.1) is 29.1 Å². The van der Waals surface area contributed by atoms with E-state index in [4.69, 9.17) is 9.47 Å². The number of nitrogens with zero attached hydrogens (tertiary/aromatic N) is 2. The van der Waals surface area contributed by atoms with Crippen LogP contribution in [-0.4, -0.2) is 61.6 Å². The van der Waals surface area contributed by atoms with Gasteiger partial charge in [0.2, 0.25) is 11.8 Å². The molecule has 0 spiro atoms. The zero-order valence-corrected chi connectivity index (χ0v) is 22.9. The van der Waals surface area contributed by atoms with E-state index < -0.39 is 12.0 Å². The first kappa shape index (κ1) is 26.7. The second kappa shape index (κ2) is 10.9. The summed E-state index contributed by atoms with van der Waals surface area (Å²) in [6.45, 7) is 10.0. The Bertz CT molecular complexity index is 1050. The molecule has 2 amide bonds. The molecule has 3 aliphatic rings. The normalized spacial score (nSPS) is 26.5. The van der Waals surface area contributed by atoms with E-state index in [0.29, 0.717) is 47.5 Å². The summed E-state index contributed by atoms with van der Waals surface area (Å²) in [6, 6.07) is 1.21. The molecule has 36 heavy (non-hydrogen) atoms. The van der Waals surface area contributed by atoms with E-state index in [2.05, 4.69) is 18.8 Å². The monoisotopic (exact) mass is 514 g/mol. The summed E-state index contributed by atoms with van der Waals surface area (Å²) in [6.07, 6.45) is 4.92. The van der Waals surface area contributed by atoms with Gasteiger partial charge in [0.05, 0.1) is 30.3 Å². The maximum Gasteiger partial charge on any atom is 0.350 e. The average molecular weight is 515 g/mol. The number of hydrogen-bond acceptors (Lipinski definition) is 6. The van der Waals surface area contributed by atoms with Crippen LogP contribution >= 0.6 is 11.3 Å². The Labute approximate surface area is 218 Å². The summed E-state index contributed by atoms with van der Waals surface area (Å²) in [5.41, 5.74) is 0.242. The topological polar surface area (TPSA) is 76.2 Å². The van der Waals surface area contributed by atoms with Crippen LogP contribution < -0.4 is 4.90 Å². The highest BCUT2D eigenvalue weighted by Gasteiger charge is 2.45. The second-order valence-electron chi connectivity index (χ2n) is 11.3. The molecule has 0 bridgehead atoms. The van der Waals surface area contributed by atoms with Crippen molar-refractivity contribution in [1.82, 2.24) is 4.90 Å². The van der Waals surface area contributed by atoms with Crippen molar-refractivity contribution in [1.29, 1.82) is 0 Å². The van der Waals surface area contributed by atoms with Gasteiger partial charge in [-0.05, 0) is 71.3 Å². The zero-order chi connectivity index (χ0) is 26.0. The van der Waals surface area contributed by atoms with Gasteiger partial charge in [0.15, 0.2) is 0 Å². The molecule has 1 aromatic rings. The number of thiophene rings is 1. The fourth-order valence-electron chi connectivity index (χ4n) is 5.31. The van der Waals surface area contributed by atoms with Gasteiger partial charge in [-0.2, -0.15) is 0 Å². The van der Waals surface area contributed by atoms with Crippen molar-refractivity contribution in [2.24, 2.45) is 17.3 Å². The van der Waals surface area contributed by atoms with E-state index in [9.17, 15) is 14.4 Å². The first-order chi connectivity index (χ1) is 17.1. The maximum absolute atomic E-state index is 14.1. The Morgan fingerprint density at radius 2 is 1.89 bits per heavy atom. The van der Waals surface area contributed by atoms with E-state index in [1.165, 1.54) is 18.4 Å². The number of carbonyl (C=O) groups excluding carboxylic acids is 3. The van der Waals surface area contributed by atoms with Crippen molar-refractivity contribution in [3.05, 3.63) is 15.8 Å². The van der Waals surface area contributed by atoms with E-state index in [-0.39, 0.29) is 29.2 Å². The van der Waals surface area contributed by atoms with Crippen molar-refractivity contribution >= 4 is 34.8 Å². The number of likely N-dealkylation sites (tertiary alicyclic amines) is 1. The summed E-state index contributed by atoms with van der Waals surface area (Å²) in [7, 11) is 1.34. The lowest BCUT2D eigenvalue weighted by molar-refractivity contribution is -0.133. The summed E-state index contributed by atoms with van der Waals surface area (Å²) < 4.78 is 10.6. The first-order valence-corrected chi connectivity index (χ1v) is 13.9. The largest absolute Gasteiger partial charge is 0.465 e. The average Bonchev–Trinajstić information content (AvgIpc) is 3.58. The van der Waals surface area contributed by atoms with Gasteiger partial charge in [-0.1, -0.05) is 18.8 Å². The minimum atomic E-state index is -0.640. The van der Waals surface area contributed by atoms with Crippen LogP contribution in [0.1, 0.15) is 80.8 Å². The standard InChI is InChI=1S/C28H38N2O5S/c1-18-6-8-19(9-7-18)25(31)30(22-11-14-29(26(22)32)20-12-15-35-17-20)23-16-21(10-13-28(2,3)4)36-24(23)27(33)34-5/h16,18-20,22H,6-9,11-12,14-15,17H2,1-5H3/t18?,19?,20-,22-/m0/s1. The lowest BCUT2D eigenvalue weighted by atomic mass is 9.82. The van der Waals surface area contributed by atoms with Crippen molar-refractivity contribution in [2.45, 2.75) is 78.3 Å². The highest BCUT2D eigenvalue weighted by Crippen LogP contribution is 2.38. The fourth-order valence-corrected chi connectivity index (χ4v) is 6.23. The number of esters is 1. The zero-order valence-electron chi connectivity index (χ0n) is 22.1. The summed E-state index contributed by atoms with van der Waals surface area (Å²) in [5, 5.41) is 0. The van der Waals surface area contributed by atoms with Gasteiger partial charge in [-0.15, -0.1) is 11.3 Å². The minimum absolute atomic E-state index is 0.0470. The molecule has 2 aliphatic heterocycles. The molecule has 2 saturated heterocycles. The second-order valence-corrected chi connectivity index (χ2v) is 12.4. The van der Waals surface area contributed by atoms with Gasteiger partial charge in [0.1, 0.15) is 10.9 Å². The third-order valence-electron chi connectivity index (χ3n) is 7.38. The molecule has 196 valence electrons. The predicted molar refractivity (Wildman–Crippen MR) is 140 cm³/mol. The van der Waals surface area contributed by atoms with E-state index in [1.54, 1.807) is 11.0 Å². The lowest BCUT2D eigenvalue weighted by Crippen LogP contribution is -2.50. The van der Waals surface area contributed by atoms with Crippen molar-refractivity contribution in [3.63, 3.8) is 0 Å². The molecule has 7 nitrogen and oxygen atoms in total. The SMILES string of the molecule is COC(=O)c1sc(C#CC(C)(C)C)cc1N(C(=O)C1CCC(C)CC1)[C@H]1CCN([C@H]2CCOC2)C1=O. The number of amides is 2. The molecule has 1 aliphatic carbocycles. The molecule has 1 saturated carbocycles. The number of carbonyl (C=O) groups is 3.